The zero-order chi connectivity index (χ0) is 13.3. The highest BCUT2D eigenvalue weighted by molar-refractivity contribution is 5.08. The van der Waals surface area contributed by atoms with Crippen molar-refractivity contribution in [1.82, 2.24) is 14.7 Å². The Labute approximate surface area is 104 Å². The van der Waals surface area contributed by atoms with Crippen molar-refractivity contribution in [1.29, 1.82) is 0 Å². The molecule has 6 nitrogen and oxygen atoms in total. The van der Waals surface area contributed by atoms with Crippen LogP contribution in [0.4, 0.5) is 0 Å². The fourth-order valence-electron chi connectivity index (χ4n) is 1.51. The zero-order valence-electron chi connectivity index (χ0n) is 10.7. The molecule has 2 rings (SSSR count). The van der Waals surface area contributed by atoms with Crippen LogP contribution in [-0.4, -0.2) is 14.7 Å². The maximum absolute atomic E-state index is 11.8. The van der Waals surface area contributed by atoms with Crippen molar-refractivity contribution in [2.24, 2.45) is 5.73 Å². The molecule has 18 heavy (non-hydrogen) atoms. The van der Waals surface area contributed by atoms with Gasteiger partial charge in [0, 0.05) is 11.8 Å². The molecule has 0 spiro atoms. The summed E-state index contributed by atoms with van der Waals surface area (Å²) in [6, 6.07) is 3.57. The normalized spacial score (nSPS) is 11.8. The molecule has 0 aromatic carbocycles. The first-order valence-electron chi connectivity index (χ1n) is 5.66. The van der Waals surface area contributed by atoms with Crippen molar-refractivity contribution in [3.63, 3.8) is 0 Å². The third-order valence-electron chi connectivity index (χ3n) is 2.56. The van der Waals surface area contributed by atoms with E-state index in [1.54, 1.807) is 39.1 Å². The minimum absolute atomic E-state index is 0.0655. The predicted molar refractivity (Wildman–Crippen MR) is 66.1 cm³/mol. The summed E-state index contributed by atoms with van der Waals surface area (Å²) in [6.45, 7) is 5.60. The van der Waals surface area contributed by atoms with Gasteiger partial charge in [-0.1, -0.05) is 11.2 Å². The van der Waals surface area contributed by atoms with Crippen LogP contribution in [0.25, 0.3) is 0 Å². The average Bonchev–Trinajstić information content (AvgIpc) is 2.73. The van der Waals surface area contributed by atoms with Crippen LogP contribution < -0.4 is 11.3 Å². The Hall–Kier alpha value is -1.95. The van der Waals surface area contributed by atoms with Crippen LogP contribution in [0.5, 0.6) is 0 Å². The van der Waals surface area contributed by atoms with Crippen molar-refractivity contribution in [3.05, 3.63) is 46.0 Å². The summed E-state index contributed by atoms with van der Waals surface area (Å²) < 4.78 is 6.61. The summed E-state index contributed by atoms with van der Waals surface area (Å²) in [5, 5.41) is 3.81. The van der Waals surface area contributed by atoms with Crippen LogP contribution in [0.1, 0.15) is 31.1 Å². The SMILES string of the molecule is Cc1cccn(Cc2nc(C(C)(C)N)no2)c1=O. The van der Waals surface area contributed by atoms with Crippen molar-refractivity contribution in [2.45, 2.75) is 32.9 Å². The molecule has 6 heteroatoms. The lowest BCUT2D eigenvalue weighted by atomic mass is 10.1. The van der Waals surface area contributed by atoms with E-state index < -0.39 is 5.54 Å². The molecule has 2 aromatic rings. The summed E-state index contributed by atoms with van der Waals surface area (Å²) in [5.41, 5.74) is 5.82. The number of rotatable bonds is 3. The second-order valence-corrected chi connectivity index (χ2v) is 4.86. The second-order valence-electron chi connectivity index (χ2n) is 4.86. The Morgan fingerprint density at radius 2 is 2.22 bits per heavy atom. The minimum atomic E-state index is -0.653. The van der Waals surface area contributed by atoms with Crippen molar-refractivity contribution >= 4 is 0 Å². The van der Waals surface area contributed by atoms with Gasteiger partial charge in [-0.2, -0.15) is 4.98 Å². The molecule has 0 aliphatic rings. The first-order chi connectivity index (χ1) is 8.38. The van der Waals surface area contributed by atoms with Gasteiger partial charge in [0.15, 0.2) is 5.82 Å². The van der Waals surface area contributed by atoms with Gasteiger partial charge in [0.25, 0.3) is 5.56 Å². The first-order valence-corrected chi connectivity index (χ1v) is 5.66. The van der Waals surface area contributed by atoms with Gasteiger partial charge in [-0.05, 0) is 26.8 Å². The second kappa shape index (κ2) is 4.38. The number of nitrogens with two attached hydrogens (primary N) is 1. The molecule has 0 saturated carbocycles. The molecular weight excluding hydrogens is 232 g/mol. The number of pyridine rings is 1. The molecule has 0 saturated heterocycles. The predicted octanol–water partition coefficient (Wildman–Crippen LogP) is 0.782. The van der Waals surface area contributed by atoms with Crippen LogP contribution in [0.2, 0.25) is 0 Å². The lowest BCUT2D eigenvalue weighted by molar-refractivity contribution is 0.354. The van der Waals surface area contributed by atoms with Gasteiger partial charge < -0.3 is 14.8 Å². The zero-order valence-corrected chi connectivity index (χ0v) is 10.7. The quantitative estimate of drug-likeness (QED) is 0.867. The third kappa shape index (κ3) is 2.48. The summed E-state index contributed by atoms with van der Waals surface area (Å²) >= 11 is 0. The van der Waals surface area contributed by atoms with Crippen LogP contribution in [0.3, 0.4) is 0 Å². The van der Waals surface area contributed by atoms with E-state index in [0.29, 0.717) is 17.3 Å². The number of aromatic nitrogens is 3. The molecule has 0 atom stereocenters. The summed E-state index contributed by atoms with van der Waals surface area (Å²) in [6.07, 6.45) is 1.69. The van der Waals surface area contributed by atoms with E-state index >= 15 is 0 Å². The molecule has 0 aliphatic heterocycles. The summed E-state index contributed by atoms with van der Waals surface area (Å²) in [4.78, 5) is 16.0. The largest absolute Gasteiger partial charge is 0.337 e. The molecule has 0 fully saturated rings. The fourth-order valence-corrected chi connectivity index (χ4v) is 1.51. The smallest absolute Gasteiger partial charge is 0.253 e. The molecule has 0 bridgehead atoms. The van der Waals surface area contributed by atoms with Crippen LogP contribution >= 0.6 is 0 Å². The van der Waals surface area contributed by atoms with Crippen molar-refractivity contribution in [3.8, 4) is 0 Å². The van der Waals surface area contributed by atoms with Crippen LogP contribution in [0, 0.1) is 6.92 Å². The molecule has 2 aromatic heterocycles. The van der Waals surface area contributed by atoms with Gasteiger partial charge in [0.05, 0.1) is 5.54 Å². The van der Waals surface area contributed by atoms with Crippen molar-refractivity contribution < 1.29 is 4.52 Å². The Balaban J connectivity index is 2.27. The van der Waals surface area contributed by atoms with E-state index in [1.807, 2.05) is 0 Å². The molecule has 0 aliphatic carbocycles. The molecular formula is C12H16N4O2. The van der Waals surface area contributed by atoms with Crippen LogP contribution in [-0.2, 0) is 12.1 Å². The lowest BCUT2D eigenvalue weighted by Crippen LogP contribution is -2.30. The minimum Gasteiger partial charge on any atom is -0.337 e. The number of hydrogen-bond acceptors (Lipinski definition) is 5. The Kier molecular flexibility index (Phi) is 3.04. The van der Waals surface area contributed by atoms with Gasteiger partial charge in [0.2, 0.25) is 5.89 Å². The Morgan fingerprint density at radius 3 is 2.83 bits per heavy atom. The maximum Gasteiger partial charge on any atom is 0.253 e. The summed E-state index contributed by atoms with van der Waals surface area (Å²) in [7, 11) is 0. The number of hydrogen-bond donors (Lipinski definition) is 1. The van der Waals surface area contributed by atoms with Gasteiger partial charge >= 0.3 is 0 Å². The highest BCUT2D eigenvalue weighted by Gasteiger charge is 2.21. The number of aryl methyl sites for hydroxylation is 1. The monoisotopic (exact) mass is 248 g/mol. The molecule has 2 heterocycles. The van der Waals surface area contributed by atoms with E-state index in [0.717, 1.165) is 0 Å². The van der Waals surface area contributed by atoms with Gasteiger partial charge in [-0.15, -0.1) is 0 Å². The standard InChI is InChI=1S/C12H16N4O2/c1-8-5-4-6-16(10(8)17)7-9-14-11(15-18-9)12(2,3)13/h4-6H,7,13H2,1-3H3. The van der Waals surface area contributed by atoms with Gasteiger partial charge in [-0.3, -0.25) is 4.79 Å². The molecule has 0 unspecified atom stereocenters. The average molecular weight is 248 g/mol. The number of nitrogens with zero attached hydrogens (tertiary/aromatic N) is 3. The third-order valence-corrected chi connectivity index (χ3v) is 2.56. The highest BCUT2D eigenvalue weighted by Crippen LogP contribution is 2.12. The van der Waals surface area contributed by atoms with E-state index in [4.69, 9.17) is 10.3 Å². The van der Waals surface area contributed by atoms with Gasteiger partial charge in [0.1, 0.15) is 6.54 Å². The Morgan fingerprint density at radius 1 is 1.50 bits per heavy atom. The van der Waals surface area contributed by atoms with E-state index in [-0.39, 0.29) is 12.1 Å². The fraction of sp³-hybridized carbons (Fsp3) is 0.417. The Bertz CT molecular complexity index is 607. The molecule has 96 valence electrons. The maximum atomic E-state index is 11.8. The highest BCUT2D eigenvalue weighted by atomic mass is 16.5. The first kappa shape index (κ1) is 12.5. The van der Waals surface area contributed by atoms with E-state index in [9.17, 15) is 4.79 Å². The molecule has 0 radical (unpaired) electrons. The lowest BCUT2D eigenvalue weighted by Gasteiger charge is -2.11. The van der Waals surface area contributed by atoms with Crippen LogP contribution in [0.15, 0.2) is 27.6 Å². The summed E-state index contributed by atoms with van der Waals surface area (Å²) in [5.74, 6) is 0.800. The topological polar surface area (TPSA) is 86.9 Å². The molecule has 2 N–H and O–H groups in total. The van der Waals surface area contributed by atoms with Gasteiger partial charge in [-0.25, -0.2) is 0 Å². The van der Waals surface area contributed by atoms with E-state index in [2.05, 4.69) is 10.1 Å². The molecule has 0 amide bonds. The van der Waals surface area contributed by atoms with E-state index in [1.165, 1.54) is 4.57 Å². The van der Waals surface area contributed by atoms with Crippen molar-refractivity contribution in [2.75, 3.05) is 0 Å².